The van der Waals surface area contributed by atoms with Crippen molar-refractivity contribution in [3.05, 3.63) is 58.6 Å². The minimum Gasteiger partial charge on any atom is -0.493 e. The zero-order chi connectivity index (χ0) is 18.0. The largest absolute Gasteiger partial charge is 0.493 e. The van der Waals surface area contributed by atoms with Crippen LogP contribution >= 0.6 is 11.6 Å². The fourth-order valence-corrected chi connectivity index (χ4v) is 4.16. The second kappa shape index (κ2) is 7.03. The molecule has 1 unspecified atom stereocenters. The highest BCUT2D eigenvalue weighted by molar-refractivity contribution is 7.89. The van der Waals surface area contributed by atoms with Gasteiger partial charge in [-0.1, -0.05) is 29.8 Å². The number of hydrogen-bond acceptors (Lipinski definition) is 4. The first-order valence-electron chi connectivity index (χ1n) is 7.61. The first kappa shape index (κ1) is 17.7. The maximum Gasteiger partial charge on any atom is 0.307 e. The van der Waals surface area contributed by atoms with Gasteiger partial charge in [-0.25, -0.2) is 13.1 Å². The number of rotatable bonds is 5. The SMILES string of the molecule is O=C(O)Cc1cccc2c1OCCC2NS(=O)(=O)c1ccc(Cl)cc1. The maximum absolute atomic E-state index is 12.6. The lowest BCUT2D eigenvalue weighted by molar-refractivity contribution is -0.136. The molecule has 1 heterocycles. The lowest BCUT2D eigenvalue weighted by Crippen LogP contribution is -2.32. The minimum atomic E-state index is -3.74. The number of para-hydroxylation sites is 1. The molecule has 0 aromatic heterocycles. The first-order valence-corrected chi connectivity index (χ1v) is 9.47. The van der Waals surface area contributed by atoms with Gasteiger partial charge in [-0.2, -0.15) is 0 Å². The molecule has 25 heavy (non-hydrogen) atoms. The van der Waals surface area contributed by atoms with Gasteiger partial charge in [-0.05, 0) is 24.3 Å². The molecule has 0 radical (unpaired) electrons. The van der Waals surface area contributed by atoms with Gasteiger partial charge < -0.3 is 9.84 Å². The van der Waals surface area contributed by atoms with E-state index in [1.807, 2.05) is 0 Å². The highest BCUT2D eigenvalue weighted by atomic mass is 35.5. The normalized spacial score (nSPS) is 16.8. The van der Waals surface area contributed by atoms with Crippen molar-refractivity contribution < 1.29 is 23.1 Å². The zero-order valence-corrected chi connectivity index (χ0v) is 14.7. The van der Waals surface area contributed by atoms with Crippen molar-refractivity contribution in [3.8, 4) is 5.75 Å². The third kappa shape index (κ3) is 3.95. The van der Waals surface area contributed by atoms with E-state index in [1.165, 1.54) is 24.3 Å². The predicted octanol–water partition coefficient (Wildman–Crippen LogP) is 2.77. The second-order valence-electron chi connectivity index (χ2n) is 5.67. The zero-order valence-electron chi connectivity index (χ0n) is 13.1. The summed E-state index contributed by atoms with van der Waals surface area (Å²) in [5.41, 5.74) is 1.17. The standard InChI is InChI=1S/C17H16ClNO5S/c18-12-4-6-13(7-5-12)25(22,23)19-15-8-9-24-17-11(10-16(20)21)2-1-3-14(15)17/h1-7,15,19H,8-10H2,(H,20,21). The van der Waals surface area contributed by atoms with Crippen molar-refractivity contribution in [2.75, 3.05) is 6.61 Å². The fourth-order valence-electron chi connectivity index (χ4n) is 2.78. The van der Waals surface area contributed by atoms with E-state index < -0.39 is 22.0 Å². The van der Waals surface area contributed by atoms with Crippen LogP contribution in [0.15, 0.2) is 47.4 Å². The first-order chi connectivity index (χ1) is 11.9. The third-order valence-corrected chi connectivity index (χ3v) is 5.66. The second-order valence-corrected chi connectivity index (χ2v) is 7.82. The highest BCUT2D eigenvalue weighted by Gasteiger charge is 2.28. The molecule has 0 spiro atoms. The number of carboxylic acid groups (broad SMARTS) is 1. The number of nitrogens with one attached hydrogen (secondary N) is 1. The Morgan fingerprint density at radius 3 is 2.64 bits per heavy atom. The molecule has 1 atom stereocenters. The van der Waals surface area contributed by atoms with Gasteiger partial charge in [0.1, 0.15) is 5.75 Å². The predicted molar refractivity (Wildman–Crippen MR) is 92.4 cm³/mol. The van der Waals surface area contributed by atoms with Crippen LogP contribution in [0.1, 0.15) is 23.6 Å². The van der Waals surface area contributed by atoms with Crippen LogP contribution in [0.2, 0.25) is 5.02 Å². The monoisotopic (exact) mass is 381 g/mol. The summed E-state index contributed by atoms with van der Waals surface area (Å²) in [6.07, 6.45) is 0.274. The lowest BCUT2D eigenvalue weighted by Gasteiger charge is -2.28. The number of aliphatic carboxylic acids is 1. The van der Waals surface area contributed by atoms with Gasteiger partial charge in [0.05, 0.1) is 24.0 Å². The van der Waals surface area contributed by atoms with Crippen LogP contribution in [0.3, 0.4) is 0 Å². The van der Waals surface area contributed by atoms with Crippen LogP contribution in [-0.2, 0) is 21.2 Å². The van der Waals surface area contributed by atoms with Crippen LogP contribution < -0.4 is 9.46 Å². The van der Waals surface area contributed by atoms with Crippen molar-refractivity contribution >= 4 is 27.6 Å². The molecule has 8 heteroatoms. The van der Waals surface area contributed by atoms with E-state index in [-0.39, 0.29) is 11.3 Å². The molecule has 1 aliphatic heterocycles. The summed E-state index contributed by atoms with van der Waals surface area (Å²) < 4.78 is 33.5. The molecule has 2 aromatic rings. The molecular formula is C17H16ClNO5S. The van der Waals surface area contributed by atoms with Gasteiger partial charge in [-0.15, -0.1) is 0 Å². The number of benzene rings is 2. The molecule has 1 aliphatic rings. The Morgan fingerprint density at radius 1 is 1.24 bits per heavy atom. The van der Waals surface area contributed by atoms with Gasteiger partial charge >= 0.3 is 5.97 Å². The fraction of sp³-hybridized carbons (Fsp3) is 0.235. The van der Waals surface area contributed by atoms with Crippen LogP contribution in [0.5, 0.6) is 5.75 Å². The molecule has 0 bridgehead atoms. The van der Waals surface area contributed by atoms with Crippen LogP contribution in [-0.4, -0.2) is 26.1 Å². The number of carbonyl (C=O) groups is 1. The molecule has 2 N–H and O–H groups in total. The van der Waals surface area contributed by atoms with Crippen LogP contribution in [0, 0.1) is 0 Å². The summed E-state index contributed by atoms with van der Waals surface area (Å²) in [6, 6.07) is 10.5. The Balaban J connectivity index is 1.91. The number of carboxylic acids is 1. The number of ether oxygens (including phenoxy) is 1. The lowest BCUT2D eigenvalue weighted by atomic mass is 9.97. The summed E-state index contributed by atoms with van der Waals surface area (Å²) in [6.45, 7) is 0.303. The quantitative estimate of drug-likeness (QED) is 0.830. The average molecular weight is 382 g/mol. The van der Waals surface area contributed by atoms with E-state index in [0.717, 1.165) is 0 Å². The van der Waals surface area contributed by atoms with E-state index in [1.54, 1.807) is 18.2 Å². The number of hydrogen-bond donors (Lipinski definition) is 2. The van der Waals surface area contributed by atoms with Gasteiger partial charge in [-0.3, -0.25) is 4.79 Å². The molecule has 0 fully saturated rings. The van der Waals surface area contributed by atoms with E-state index in [9.17, 15) is 13.2 Å². The van der Waals surface area contributed by atoms with Crippen LogP contribution in [0.4, 0.5) is 0 Å². The van der Waals surface area contributed by atoms with E-state index in [4.69, 9.17) is 21.4 Å². The van der Waals surface area contributed by atoms with Crippen molar-refractivity contribution in [1.82, 2.24) is 4.72 Å². The summed E-state index contributed by atoms with van der Waals surface area (Å²) >= 11 is 5.80. The molecule has 0 amide bonds. The molecule has 0 aliphatic carbocycles. The molecule has 132 valence electrons. The Hall–Kier alpha value is -2.09. The third-order valence-electron chi connectivity index (χ3n) is 3.92. The van der Waals surface area contributed by atoms with Gasteiger partial charge in [0.25, 0.3) is 0 Å². The smallest absolute Gasteiger partial charge is 0.307 e. The summed E-state index contributed by atoms with van der Waals surface area (Å²) in [5.74, 6) is -0.527. The molecule has 6 nitrogen and oxygen atoms in total. The topological polar surface area (TPSA) is 92.7 Å². The van der Waals surface area contributed by atoms with Crippen molar-refractivity contribution in [1.29, 1.82) is 0 Å². The molecule has 3 rings (SSSR count). The van der Waals surface area contributed by atoms with Crippen LogP contribution in [0.25, 0.3) is 0 Å². The van der Waals surface area contributed by atoms with Gasteiger partial charge in [0.2, 0.25) is 10.0 Å². The molecule has 0 saturated carbocycles. The Kier molecular flexibility index (Phi) is 4.99. The molecule has 0 saturated heterocycles. The molecular weight excluding hydrogens is 366 g/mol. The van der Waals surface area contributed by atoms with E-state index in [2.05, 4.69) is 4.72 Å². The average Bonchev–Trinajstić information content (AvgIpc) is 2.55. The van der Waals surface area contributed by atoms with E-state index in [0.29, 0.717) is 34.9 Å². The Morgan fingerprint density at radius 2 is 1.96 bits per heavy atom. The number of halogens is 1. The van der Waals surface area contributed by atoms with Gasteiger partial charge in [0.15, 0.2) is 0 Å². The summed E-state index contributed by atoms with van der Waals surface area (Å²) in [4.78, 5) is 11.1. The van der Waals surface area contributed by atoms with Crippen molar-refractivity contribution in [3.63, 3.8) is 0 Å². The van der Waals surface area contributed by atoms with Gasteiger partial charge in [0, 0.05) is 22.6 Å². The Labute approximate surface area is 150 Å². The summed E-state index contributed by atoms with van der Waals surface area (Å²) in [5, 5.41) is 9.47. The maximum atomic E-state index is 12.6. The number of fused-ring (bicyclic) bond motifs is 1. The van der Waals surface area contributed by atoms with Crippen molar-refractivity contribution in [2.45, 2.75) is 23.8 Å². The Bertz CT molecular complexity index is 896. The van der Waals surface area contributed by atoms with Crippen molar-refractivity contribution in [2.24, 2.45) is 0 Å². The van der Waals surface area contributed by atoms with E-state index >= 15 is 0 Å². The summed E-state index contributed by atoms with van der Waals surface area (Å²) in [7, 11) is -3.74. The molecule has 2 aromatic carbocycles. The highest BCUT2D eigenvalue weighted by Crippen LogP contribution is 2.36. The number of sulfonamides is 1. The minimum absolute atomic E-state index is 0.117.